The zero-order valence-corrected chi connectivity index (χ0v) is 13.8. The van der Waals surface area contributed by atoms with Gasteiger partial charge in [-0.15, -0.1) is 0 Å². The number of ether oxygens (including phenoxy) is 2. The first-order valence-corrected chi connectivity index (χ1v) is 7.62. The Hall–Kier alpha value is -3.03. The van der Waals surface area contributed by atoms with Gasteiger partial charge in [-0.2, -0.15) is 9.36 Å². The lowest BCUT2D eigenvalue weighted by atomic mass is 10.2. The number of hydrogen-bond donors (Lipinski definition) is 1. The van der Waals surface area contributed by atoms with Gasteiger partial charge in [0, 0.05) is 13.2 Å². The van der Waals surface area contributed by atoms with Gasteiger partial charge in [-0.3, -0.25) is 0 Å². The van der Waals surface area contributed by atoms with Gasteiger partial charge in [-0.05, 0) is 35.9 Å². The molecule has 0 aliphatic heterocycles. The Bertz CT molecular complexity index is 893. The average Bonchev–Trinajstić information content (AvgIpc) is 3.11. The molecule has 3 rings (SSSR count). The molecule has 3 aromatic rings. The summed E-state index contributed by atoms with van der Waals surface area (Å²) in [5.41, 5.74) is 1.96. The van der Waals surface area contributed by atoms with Crippen LogP contribution in [0.15, 0.2) is 35.3 Å². The van der Waals surface area contributed by atoms with Crippen molar-refractivity contribution in [2.75, 3.05) is 6.61 Å². The Kier molecular flexibility index (Phi) is 4.37. The van der Waals surface area contributed by atoms with Gasteiger partial charge in [0.15, 0.2) is 5.88 Å². The van der Waals surface area contributed by atoms with Crippen LogP contribution in [0.3, 0.4) is 0 Å². The van der Waals surface area contributed by atoms with Crippen LogP contribution < -0.4 is 15.2 Å². The summed E-state index contributed by atoms with van der Waals surface area (Å²) < 4.78 is 13.9. The smallest absolute Gasteiger partial charge is 0.368 e. The van der Waals surface area contributed by atoms with Crippen molar-refractivity contribution in [3.8, 4) is 17.3 Å². The molecule has 126 valence electrons. The second-order valence-electron chi connectivity index (χ2n) is 5.27. The first-order chi connectivity index (χ1) is 11.6. The first-order valence-electron chi connectivity index (χ1n) is 7.62. The molecule has 0 aliphatic rings. The zero-order chi connectivity index (χ0) is 17.1. The van der Waals surface area contributed by atoms with Gasteiger partial charge in [0.1, 0.15) is 18.0 Å². The molecule has 0 unspecified atom stereocenters. The molecule has 0 bridgehead atoms. The third-order valence-corrected chi connectivity index (χ3v) is 3.63. The van der Waals surface area contributed by atoms with Gasteiger partial charge >= 0.3 is 5.69 Å². The molecule has 24 heavy (non-hydrogen) atoms. The maximum Gasteiger partial charge on any atom is 0.368 e. The van der Waals surface area contributed by atoms with E-state index >= 15 is 0 Å². The number of aromatic nitrogens is 5. The lowest BCUT2D eigenvalue weighted by Gasteiger charge is -2.11. The lowest BCUT2D eigenvalue weighted by Crippen LogP contribution is -2.22. The number of nitrogens with zero attached hydrogens (tertiary/aromatic N) is 4. The van der Waals surface area contributed by atoms with E-state index in [9.17, 15) is 4.79 Å². The number of rotatable bonds is 6. The highest BCUT2D eigenvalue weighted by atomic mass is 16.5. The second-order valence-corrected chi connectivity index (χ2v) is 5.27. The van der Waals surface area contributed by atoms with E-state index in [2.05, 4.69) is 15.4 Å². The van der Waals surface area contributed by atoms with Crippen molar-refractivity contribution in [1.29, 1.82) is 0 Å². The van der Waals surface area contributed by atoms with Crippen LogP contribution in [-0.2, 0) is 13.7 Å². The van der Waals surface area contributed by atoms with Crippen molar-refractivity contribution in [3.63, 3.8) is 0 Å². The Labute approximate surface area is 138 Å². The molecular weight excluding hydrogens is 310 g/mol. The number of hydrogen-bond acceptors (Lipinski definition) is 5. The standard InChI is InChI=1S/C16H19N5O3/c1-4-23-15-12(10-24-14-8-6-5-7-11(14)2)13(9-17-15)21-16(22)20(3)18-19-21/h5-9,17H,4,10H2,1-3H3. The van der Waals surface area contributed by atoms with Crippen molar-refractivity contribution in [1.82, 2.24) is 24.8 Å². The van der Waals surface area contributed by atoms with Gasteiger partial charge < -0.3 is 14.5 Å². The van der Waals surface area contributed by atoms with Crippen LogP contribution in [0.4, 0.5) is 0 Å². The zero-order valence-electron chi connectivity index (χ0n) is 13.8. The third kappa shape index (κ3) is 2.90. The molecule has 1 aromatic carbocycles. The van der Waals surface area contributed by atoms with Gasteiger partial charge in [-0.1, -0.05) is 18.2 Å². The highest BCUT2D eigenvalue weighted by molar-refractivity contribution is 5.46. The summed E-state index contributed by atoms with van der Waals surface area (Å²) in [5, 5.41) is 7.62. The minimum atomic E-state index is -0.339. The van der Waals surface area contributed by atoms with E-state index in [1.165, 1.54) is 9.36 Å². The number of benzene rings is 1. The molecule has 0 spiro atoms. The van der Waals surface area contributed by atoms with Crippen LogP contribution in [0.2, 0.25) is 0 Å². The van der Waals surface area contributed by atoms with Crippen LogP contribution in [0.25, 0.3) is 5.69 Å². The van der Waals surface area contributed by atoms with Crippen molar-refractivity contribution in [2.45, 2.75) is 20.5 Å². The number of aromatic amines is 1. The average molecular weight is 329 g/mol. The summed E-state index contributed by atoms with van der Waals surface area (Å²) in [6, 6.07) is 7.74. The topological polar surface area (TPSA) is 87.0 Å². The van der Waals surface area contributed by atoms with Gasteiger partial charge in [0.05, 0.1) is 12.2 Å². The molecule has 2 heterocycles. The van der Waals surface area contributed by atoms with E-state index in [1.807, 2.05) is 38.1 Å². The van der Waals surface area contributed by atoms with Gasteiger partial charge in [0.25, 0.3) is 0 Å². The minimum Gasteiger partial charge on any atom is -0.488 e. The number of aryl methyl sites for hydroxylation is 2. The number of nitrogens with one attached hydrogen (secondary N) is 1. The molecule has 8 heteroatoms. The molecule has 0 amide bonds. The van der Waals surface area contributed by atoms with Gasteiger partial charge in [-0.25, -0.2) is 4.79 Å². The summed E-state index contributed by atoms with van der Waals surface area (Å²) in [4.78, 5) is 15.1. The molecule has 8 nitrogen and oxygen atoms in total. The predicted octanol–water partition coefficient (Wildman–Crippen LogP) is 1.58. The third-order valence-electron chi connectivity index (χ3n) is 3.63. The van der Waals surface area contributed by atoms with Crippen molar-refractivity contribution in [2.24, 2.45) is 7.05 Å². The maximum atomic E-state index is 12.1. The minimum absolute atomic E-state index is 0.238. The molecule has 0 saturated carbocycles. The summed E-state index contributed by atoms with van der Waals surface area (Å²) >= 11 is 0. The molecule has 0 aliphatic carbocycles. The SMILES string of the molecule is CCOc1[nH]cc(-n2nnn(C)c2=O)c1COc1ccccc1C. The predicted molar refractivity (Wildman–Crippen MR) is 87.6 cm³/mol. The second kappa shape index (κ2) is 6.61. The molecular formula is C16H19N5O3. The first kappa shape index (κ1) is 15.9. The van der Waals surface area contributed by atoms with E-state index in [0.717, 1.165) is 11.3 Å². The highest BCUT2D eigenvalue weighted by Gasteiger charge is 2.18. The van der Waals surface area contributed by atoms with E-state index in [1.54, 1.807) is 13.2 Å². The van der Waals surface area contributed by atoms with Gasteiger partial charge in [0.2, 0.25) is 0 Å². The number of tetrazole rings is 1. The molecule has 2 aromatic heterocycles. The Morgan fingerprint density at radius 1 is 1.21 bits per heavy atom. The number of para-hydroxylation sites is 1. The Morgan fingerprint density at radius 2 is 2.00 bits per heavy atom. The lowest BCUT2D eigenvalue weighted by molar-refractivity contribution is 0.281. The van der Waals surface area contributed by atoms with Crippen LogP contribution in [0.5, 0.6) is 11.6 Å². The fourth-order valence-electron chi connectivity index (χ4n) is 2.36. The van der Waals surface area contributed by atoms with Crippen molar-refractivity contribution in [3.05, 3.63) is 52.1 Å². The molecule has 0 saturated heterocycles. The summed E-state index contributed by atoms with van der Waals surface area (Å²) in [5.74, 6) is 1.33. The van der Waals surface area contributed by atoms with Crippen molar-refractivity contribution < 1.29 is 9.47 Å². The number of H-pyrrole nitrogens is 1. The monoisotopic (exact) mass is 329 g/mol. The molecule has 0 fully saturated rings. The normalized spacial score (nSPS) is 10.8. The summed E-state index contributed by atoms with van der Waals surface area (Å²) in [6.45, 7) is 4.60. The van der Waals surface area contributed by atoms with E-state index < -0.39 is 0 Å². The van der Waals surface area contributed by atoms with E-state index in [-0.39, 0.29) is 12.3 Å². The fraction of sp³-hybridized carbons (Fsp3) is 0.312. The quantitative estimate of drug-likeness (QED) is 0.742. The van der Waals surface area contributed by atoms with Crippen molar-refractivity contribution >= 4 is 0 Å². The van der Waals surface area contributed by atoms with E-state index in [0.29, 0.717) is 23.7 Å². The fourth-order valence-corrected chi connectivity index (χ4v) is 2.36. The maximum absolute atomic E-state index is 12.1. The molecule has 0 radical (unpaired) electrons. The molecule has 0 atom stereocenters. The molecule has 1 N–H and O–H groups in total. The highest BCUT2D eigenvalue weighted by Crippen LogP contribution is 2.26. The Balaban J connectivity index is 1.95. The van der Waals surface area contributed by atoms with Crippen LogP contribution in [0.1, 0.15) is 18.1 Å². The van der Waals surface area contributed by atoms with Crippen LogP contribution in [-0.4, -0.2) is 31.4 Å². The largest absolute Gasteiger partial charge is 0.488 e. The Morgan fingerprint density at radius 3 is 2.67 bits per heavy atom. The van der Waals surface area contributed by atoms with Crippen LogP contribution >= 0.6 is 0 Å². The summed E-state index contributed by atoms with van der Waals surface area (Å²) in [7, 11) is 1.55. The van der Waals surface area contributed by atoms with E-state index in [4.69, 9.17) is 9.47 Å². The van der Waals surface area contributed by atoms with Crippen LogP contribution in [0, 0.1) is 6.92 Å². The summed E-state index contributed by atoms with van der Waals surface area (Å²) in [6.07, 6.45) is 1.66.